The third-order valence-corrected chi connectivity index (χ3v) is 13.1. The summed E-state index contributed by atoms with van der Waals surface area (Å²) in [6.07, 6.45) is 90.2. The number of hydrogen-bond acceptors (Lipinski definition) is 6. The maximum absolute atomic E-state index is 12.9. The van der Waals surface area contributed by atoms with Crippen LogP contribution in [0.25, 0.3) is 0 Å². The Kier molecular flexibility index (Phi) is 60.4. The summed E-state index contributed by atoms with van der Waals surface area (Å²) in [4.78, 5) is 38.3. The summed E-state index contributed by atoms with van der Waals surface area (Å²) < 4.78 is 16.9. The molecule has 0 aromatic rings. The molecule has 1 atom stereocenters. The third-order valence-electron chi connectivity index (χ3n) is 13.1. The van der Waals surface area contributed by atoms with E-state index in [0.717, 1.165) is 135 Å². The molecule has 77 heavy (non-hydrogen) atoms. The average molecular weight is 1070 g/mol. The molecule has 0 saturated carbocycles. The van der Waals surface area contributed by atoms with E-state index in [1.54, 1.807) is 0 Å². The van der Waals surface area contributed by atoms with Gasteiger partial charge in [0.2, 0.25) is 0 Å². The Hall–Kier alpha value is -4.45. The summed E-state index contributed by atoms with van der Waals surface area (Å²) >= 11 is 0. The van der Waals surface area contributed by atoms with Gasteiger partial charge in [-0.05, 0) is 135 Å². The van der Waals surface area contributed by atoms with Gasteiger partial charge in [0.25, 0.3) is 0 Å². The van der Waals surface area contributed by atoms with Crippen molar-refractivity contribution in [1.29, 1.82) is 0 Å². The molecule has 6 heteroatoms. The molecule has 0 aliphatic carbocycles. The van der Waals surface area contributed by atoms with Gasteiger partial charge in [-0.3, -0.25) is 14.4 Å². The van der Waals surface area contributed by atoms with Crippen molar-refractivity contribution in [2.24, 2.45) is 0 Å². The Balaban J connectivity index is 4.37. The van der Waals surface area contributed by atoms with E-state index in [0.29, 0.717) is 19.3 Å². The number of carbonyl (C=O) groups excluding carboxylic acids is 3. The standard InChI is InChI=1S/C71H116O6/c1-4-7-10-13-16-19-22-25-27-29-31-32-33-34-35-36-37-38-40-41-43-46-49-52-55-58-61-64-70(73)76-67-68(66-75-69(72)63-60-57-54-51-48-45-24-21-18-15-12-9-6-3)77-71(74)65-62-59-56-53-50-47-44-42-39-30-28-26-23-20-17-14-11-8-5-2/h7,9-10,12,16-21,25-28,31-32,34-35,37-38,45,48,68H,4-6,8,11,13-15,22-24,29-30,33,36,39-44,46-47,49-67H2,1-3H3/b10-7-,12-9-,19-16-,20-17-,21-18-,27-25-,28-26-,32-31-,35-34-,38-37-,48-45-. The first-order valence-corrected chi connectivity index (χ1v) is 31.7. The molecule has 1 unspecified atom stereocenters. The van der Waals surface area contributed by atoms with Crippen molar-refractivity contribution >= 4 is 17.9 Å². The molecule has 0 saturated heterocycles. The minimum absolute atomic E-state index is 0.0970. The summed E-state index contributed by atoms with van der Waals surface area (Å²) in [7, 11) is 0. The van der Waals surface area contributed by atoms with Gasteiger partial charge < -0.3 is 14.2 Å². The second-order valence-electron chi connectivity index (χ2n) is 20.5. The fourth-order valence-corrected chi connectivity index (χ4v) is 8.43. The zero-order chi connectivity index (χ0) is 55.7. The Morgan fingerprint density at radius 1 is 0.273 bits per heavy atom. The van der Waals surface area contributed by atoms with Crippen LogP contribution in [0.4, 0.5) is 0 Å². The summed E-state index contributed by atoms with van der Waals surface area (Å²) in [5.74, 6) is -0.938. The van der Waals surface area contributed by atoms with Crippen molar-refractivity contribution in [1.82, 2.24) is 0 Å². The van der Waals surface area contributed by atoms with Crippen LogP contribution in [0.3, 0.4) is 0 Å². The summed E-state index contributed by atoms with van der Waals surface area (Å²) in [5.41, 5.74) is 0. The zero-order valence-corrected chi connectivity index (χ0v) is 49.9. The summed E-state index contributed by atoms with van der Waals surface area (Å²) in [5, 5.41) is 0. The first-order valence-electron chi connectivity index (χ1n) is 31.7. The second-order valence-corrected chi connectivity index (χ2v) is 20.5. The molecule has 0 N–H and O–H groups in total. The second kappa shape index (κ2) is 64.1. The van der Waals surface area contributed by atoms with Crippen molar-refractivity contribution in [3.63, 3.8) is 0 Å². The molecule has 436 valence electrons. The van der Waals surface area contributed by atoms with Crippen molar-refractivity contribution in [2.75, 3.05) is 13.2 Å². The predicted molar refractivity (Wildman–Crippen MR) is 334 cm³/mol. The third kappa shape index (κ3) is 62.3. The van der Waals surface area contributed by atoms with Crippen LogP contribution in [0.2, 0.25) is 0 Å². The van der Waals surface area contributed by atoms with Crippen LogP contribution in [0, 0.1) is 0 Å². The summed E-state index contributed by atoms with van der Waals surface area (Å²) in [6, 6.07) is 0. The highest BCUT2D eigenvalue weighted by Gasteiger charge is 2.19. The highest BCUT2D eigenvalue weighted by molar-refractivity contribution is 5.71. The minimum Gasteiger partial charge on any atom is -0.462 e. The van der Waals surface area contributed by atoms with Crippen molar-refractivity contribution in [3.05, 3.63) is 134 Å². The molecule has 0 aliphatic rings. The lowest BCUT2D eigenvalue weighted by molar-refractivity contribution is -0.167. The van der Waals surface area contributed by atoms with Crippen LogP contribution >= 0.6 is 0 Å². The van der Waals surface area contributed by atoms with E-state index in [-0.39, 0.29) is 31.1 Å². The van der Waals surface area contributed by atoms with E-state index < -0.39 is 6.10 Å². The van der Waals surface area contributed by atoms with Gasteiger partial charge in [-0.1, -0.05) is 257 Å². The Morgan fingerprint density at radius 3 is 0.805 bits per heavy atom. The molecular weight excluding hydrogens is 949 g/mol. The topological polar surface area (TPSA) is 78.9 Å². The molecular formula is C71H116O6. The number of carbonyl (C=O) groups is 3. The van der Waals surface area contributed by atoms with Gasteiger partial charge in [0.15, 0.2) is 6.10 Å². The quantitative estimate of drug-likeness (QED) is 0.0261. The predicted octanol–water partition coefficient (Wildman–Crippen LogP) is 21.8. The number of ether oxygens (including phenoxy) is 3. The van der Waals surface area contributed by atoms with Gasteiger partial charge in [-0.15, -0.1) is 0 Å². The highest BCUT2D eigenvalue weighted by Crippen LogP contribution is 2.15. The first-order chi connectivity index (χ1) is 38.0. The van der Waals surface area contributed by atoms with Crippen LogP contribution < -0.4 is 0 Å². The van der Waals surface area contributed by atoms with Crippen LogP contribution in [0.15, 0.2) is 134 Å². The molecule has 0 aromatic carbocycles. The van der Waals surface area contributed by atoms with Gasteiger partial charge in [0.05, 0.1) is 0 Å². The smallest absolute Gasteiger partial charge is 0.306 e. The van der Waals surface area contributed by atoms with E-state index in [9.17, 15) is 14.4 Å². The van der Waals surface area contributed by atoms with Gasteiger partial charge in [0.1, 0.15) is 13.2 Å². The van der Waals surface area contributed by atoms with E-state index in [1.165, 1.54) is 103 Å². The van der Waals surface area contributed by atoms with Crippen molar-refractivity contribution < 1.29 is 28.6 Å². The molecule has 0 fully saturated rings. The monoisotopic (exact) mass is 1060 g/mol. The maximum atomic E-state index is 12.9. The average Bonchev–Trinajstić information content (AvgIpc) is 3.43. The number of allylic oxidation sites excluding steroid dienone is 22. The molecule has 0 radical (unpaired) electrons. The Labute approximate surface area is 475 Å². The molecule has 0 amide bonds. The first kappa shape index (κ1) is 72.5. The van der Waals surface area contributed by atoms with E-state index in [1.807, 2.05) is 0 Å². The van der Waals surface area contributed by atoms with Crippen LogP contribution in [0.5, 0.6) is 0 Å². The molecule has 0 rings (SSSR count). The van der Waals surface area contributed by atoms with Crippen molar-refractivity contribution in [2.45, 2.75) is 284 Å². The number of rotatable bonds is 56. The van der Waals surface area contributed by atoms with Gasteiger partial charge in [-0.25, -0.2) is 0 Å². The molecule has 0 aliphatic heterocycles. The largest absolute Gasteiger partial charge is 0.462 e. The maximum Gasteiger partial charge on any atom is 0.306 e. The fourth-order valence-electron chi connectivity index (χ4n) is 8.43. The number of hydrogen-bond donors (Lipinski definition) is 0. The highest BCUT2D eigenvalue weighted by atomic mass is 16.6. The summed E-state index contributed by atoms with van der Waals surface area (Å²) in [6.45, 7) is 6.36. The van der Waals surface area contributed by atoms with Gasteiger partial charge in [0, 0.05) is 19.3 Å². The van der Waals surface area contributed by atoms with E-state index in [2.05, 4.69) is 154 Å². The van der Waals surface area contributed by atoms with Crippen LogP contribution in [-0.4, -0.2) is 37.2 Å². The molecule has 0 spiro atoms. The lowest BCUT2D eigenvalue weighted by atomic mass is 10.1. The Bertz CT molecular complexity index is 1650. The lowest BCUT2D eigenvalue weighted by Crippen LogP contribution is -2.30. The van der Waals surface area contributed by atoms with Gasteiger partial charge in [-0.2, -0.15) is 0 Å². The van der Waals surface area contributed by atoms with E-state index >= 15 is 0 Å². The fraction of sp³-hybridized carbons (Fsp3) is 0.648. The molecule has 0 heterocycles. The molecule has 0 aromatic heterocycles. The minimum atomic E-state index is -0.802. The van der Waals surface area contributed by atoms with E-state index in [4.69, 9.17) is 14.2 Å². The number of unbranched alkanes of at least 4 members (excludes halogenated alkanes) is 23. The normalized spacial score (nSPS) is 13.0. The molecule has 6 nitrogen and oxygen atoms in total. The zero-order valence-electron chi connectivity index (χ0n) is 49.9. The number of esters is 3. The molecule has 0 bridgehead atoms. The van der Waals surface area contributed by atoms with Crippen LogP contribution in [0.1, 0.15) is 278 Å². The van der Waals surface area contributed by atoms with Gasteiger partial charge >= 0.3 is 17.9 Å². The SMILES string of the molecule is CC/C=C\C/C=C\C/C=C\C/C=C\C/C=C\C/C=C\CCCCCCCCCCC(=O)OCC(COC(=O)CCCCC/C=C\C/C=C\C/C=C\CC)OC(=O)CCCCCCCCCCC/C=C\C/C=C\CCCCC. The van der Waals surface area contributed by atoms with Crippen LogP contribution in [-0.2, 0) is 28.6 Å². The lowest BCUT2D eigenvalue weighted by Gasteiger charge is -2.18. The Morgan fingerprint density at radius 2 is 0.506 bits per heavy atom. The van der Waals surface area contributed by atoms with Crippen molar-refractivity contribution in [3.8, 4) is 0 Å².